The van der Waals surface area contributed by atoms with E-state index < -0.39 is 15.8 Å². The first-order valence-electron chi connectivity index (χ1n) is 5.33. The van der Waals surface area contributed by atoms with E-state index in [-0.39, 0.29) is 29.7 Å². The van der Waals surface area contributed by atoms with E-state index in [1.165, 1.54) is 6.26 Å². The smallest absolute Gasteiger partial charge is 0.312 e. The van der Waals surface area contributed by atoms with Crippen LogP contribution in [-0.2, 0) is 21.1 Å². The Kier molecular flexibility index (Phi) is 3.19. The lowest BCUT2D eigenvalue weighted by atomic mass is 10.00. The van der Waals surface area contributed by atoms with Gasteiger partial charge in [-0.15, -0.1) is 0 Å². The van der Waals surface area contributed by atoms with Crippen LogP contribution in [0.3, 0.4) is 0 Å². The number of carboxylic acids is 1. The first-order chi connectivity index (χ1) is 7.96. The maximum absolute atomic E-state index is 11.3. The van der Waals surface area contributed by atoms with E-state index >= 15 is 0 Å². The van der Waals surface area contributed by atoms with Crippen molar-refractivity contribution < 1.29 is 22.7 Å². The van der Waals surface area contributed by atoms with Crippen LogP contribution in [-0.4, -0.2) is 36.0 Å². The van der Waals surface area contributed by atoms with Crippen molar-refractivity contribution in [2.45, 2.75) is 25.2 Å². The van der Waals surface area contributed by atoms with Gasteiger partial charge < -0.3 is 9.52 Å². The third kappa shape index (κ3) is 3.06. The van der Waals surface area contributed by atoms with Gasteiger partial charge in [0.15, 0.2) is 0 Å². The summed E-state index contributed by atoms with van der Waals surface area (Å²) in [4.78, 5) is 14.5. The lowest BCUT2D eigenvalue weighted by molar-refractivity contribution is -0.136. The number of rotatable bonds is 3. The van der Waals surface area contributed by atoms with Crippen molar-refractivity contribution in [2.24, 2.45) is 0 Å². The topological polar surface area (TPSA) is 97.5 Å². The molecule has 1 aromatic heterocycles. The van der Waals surface area contributed by atoms with Gasteiger partial charge in [-0.2, -0.15) is 0 Å². The third-order valence-electron chi connectivity index (χ3n) is 2.84. The molecule has 0 atom stereocenters. The van der Waals surface area contributed by atoms with E-state index in [2.05, 4.69) is 4.98 Å². The van der Waals surface area contributed by atoms with Gasteiger partial charge in [0, 0.05) is 5.92 Å². The minimum atomic E-state index is -2.89. The Hall–Kier alpha value is -1.37. The molecule has 94 valence electrons. The summed E-state index contributed by atoms with van der Waals surface area (Å²) in [6.45, 7) is 0. The Bertz CT molecular complexity index is 505. The molecule has 1 saturated heterocycles. The van der Waals surface area contributed by atoms with Crippen molar-refractivity contribution in [1.29, 1.82) is 0 Å². The summed E-state index contributed by atoms with van der Waals surface area (Å²) in [7, 11) is -2.89. The first-order valence-corrected chi connectivity index (χ1v) is 7.15. The number of sulfone groups is 1. The summed E-state index contributed by atoms with van der Waals surface area (Å²) < 4.78 is 27.6. The predicted molar refractivity (Wildman–Crippen MR) is 58.5 cm³/mol. The molecule has 0 saturated carbocycles. The van der Waals surface area contributed by atoms with E-state index in [0.29, 0.717) is 18.5 Å². The molecule has 1 N–H and O–H groups in total. The quantitative estimate of drug-likeness (QED) is 0.853. The molecule has 1 aliphatic rings. The zero-order valence-electron chi connectivity index (χ0n) is 9.13. The van der Waals surface area contributed by atoms with Gasteiger partial charge in [0.05, 0.1) is 17.2 Å². The Morgan fingerprint density at radius 2 is 2.12 bits per heavy atom. The van der Waals surface area contributed by atoms with Gasteiger partial charge in [-0.3, -0.25) is 4.79 Å². The van der Waals surface area contributed by atoms with Gasteiger partial charge in [-0.25, -0.2) is 13.4 Å². The second kappa shape index (κ2) is 4.48. The molecular weight excluding hydrogens is 246 g/mol. The van der Waals surface area contributed by atoms with Crippen LogP contribution in [0.15, 0.2) is 10.7 Å². The van der Waals surface area contributed by atoms with Crippen LogP contribution in [0.2, 0.25) is 0 Å². The number of hydrogen-bond acceptors (Lipinski definition) is 5. The van der Waals surface area contributed by atoms with Crippen LogP contribution in [0.1, 0.15) is 30.3 Å². The molecule has 0 aromatic carbocycles. The second-order valence-electron chi connectivity index (χ2n) is 4.16. The lowest BCUT2D eigenvalue weighted by Gasteiger charge is -2.19. The average molecular weight is 259 g/mol. The number of nitrogens with zero attached hydrogens (tertiary/aromatic N) is 1. The largest absolute Gasteiger partial charge is 0.481 e. The predicted octanol–water partition coefficient (Wildman–Crippen LogP) is 0.594. The van der Waals surface area contributed by atoms with E-state index in [1.54, 1.807) is 0 Å². The van der Waals surface area contributed by atoms with Gasteiger partial charge in [-0.05, 0) is 12.8 Å². The van der Waals surface area contributed by atoms with E-state index in [1.807, 2.05) is 0 Å². The Balaban J connectivity index is 2.04. The summed E-state index contributed by atoms with van der Waals surface area (Å²) in [5.41, 5.74) is 0.663. The van der Waals surface area contributed by atoms with Crippen molar-refractivity contribution in [2.75, 3.05) is 11.5 Å². The fourth-order valence-corrected chi connectivity index (χ4v) is 3.40. The molecule has 6 nitrogen and oxygen atoms in total. The summed E-state index contributed by atoms with van der Waals surface area (Å²) in [5.74, 6) is -0.437. The summed E-state index contributed by atoms with van der Waals surface area (Å²) >= 11 is 0. The van der Waals surface area contributed by atoms with Crippen LogP contribution < -0.4 is 0 Å². The van der Waals surface area contributed by atoms with E-state index in [0.717, 1.165) is 0 Å². The molecule has 1 fully saturated rings. The van der Waals surface area contributed by atoms with Gasteiger partial charge >= 0.3 is 5.97 Å². The molecule has 1 aliphatic heterocycles. The van der Waals surface area contributed by atoms with Crippen molar-refractivity contribution in [1.82, 2.24) is 4.98 Å². The molecule has 2 heterocycles. The van der Waals surface area contributed by atoms with Crippen LogP contribution in [0.5, 0.6) is 0 Å². The molecule has 0 unspecified atom stereocenters. The first kappa shape index (κ1) is 12.1. The summed E-state index contributed by atoms with van der Waals surface area (Å²) in [5, 5.41) is 8.58. The highest BCUT2D eigenvalue weighted by Crippen LogP contribution is 2.28. The van der Waals surface area contributed by atoms with E-state index in [9.17, 15) is 13.2 Å². The highest BCUT2D eigenvalue weighted by atomic mass is 32.2. The second-order valence-corrected chi connectivity index (χ2v) is 6.47. The third-order valence-corrected chi connectivity index (χ3v) is 4.56. The fourth-order valence-electron chi connectivity index (χ4n) is 1.91. The standard InChI is InChI=1S/C10H13NO5S/c12-10(13)5-9-11-8(6-16-9)7-1-3-17(14,15)4-2-7/h6-7H,1-5H2,(H,12,13). The van der Waals surface area contributed by atoms with Crippen LogP contribution >= 0.6 is 0 Å². The molecule has 2 rings (SSSR count). The Morgan fingerprint density at radius 1 is 1.47 bits per heavy atom. The maximum Gasteiger partial charge on any atom is 0.312 e. The van der Waals surface area contributed by atoms with Gasteiger partial charge in [0.25, 0.3) is 0 Å². The minimum absolute atomic E-state index is 0.0600. The minimum Gasteiger partial charge on any atom is -0.481 e. The molecule has 0 radical (unpaired) electrons. The number of hydrogen-bond donors (Lipinski definition) is 1. The van der Waals surface area contributed by atoms with Crippen molar-refractivity contribution in [3.63, 3.8) is 0 Å². The van der Waals surface area contributed by atoms with Crippen LogP contribution in [0.25, 0.3) is 0 Å². The molecular formula is C10H13NO5S. The summed E-state index contributed by atoms with van der Waals surface area (Å²) in [6.07, 6.45) is 2.24. The van der Waals surface area contributed by atoms with Gasteiger partial charge in [0.1, 0.15) is 22.5 Å². The molecule has 0 amide bonds. The monoisotopic (exact) mass is 259 g/mol. The Morgan fingerprint density at radius 3 is 2.71 bits per heavy atom. The fraction of sp³-hybridized carbons (Fsp3) is 0.600. The summed E-state index contributed by atoms with van der Waals surface area (Å²) in [6, 6.07) is 0. The number of aromatic nitrogens is 1. The van der Waals surface area contributed by atoms with Gasteiger partial charge in [-0.1, -0.05) is 0 Å². The van der Waals surface area contributed by atoms with Crippen LogP contribution in [0, 0.1) is 0 Å². The highest BCUT2D eigenvalue weighted by molar-refractivity contribution is 7.91. The zero-order chi connectivity index (χ0) is 12.5. The van der Waals surface area contributed by atoms with Crippen LogP contribution in [0.4, 0.5) is 0 Å². The van der Waals surface area contributed by atoms with Crippen molar-refractivity contribution in [3.8, 4) is 0 Å². The molecule has 0 bridgehead atoms. The number of oxazole rings is 1. The normalized spacial score (nSPS) is 20.2. The number of carbonyl (C=O) groups is 1. The maximum atomic E-state index is 11.3. The van der Waals surface area contributed by atoms with Crippen molar-refractivity contribution in [3.05, 3.63) is 17.8 Å². The van der Waals surface area contributed by atoms with E-state index in [4.69, 9.17) is 9.52 Å². The molecule has 0 spiro atoms. The molecule has 7 heteroatoms. The molecule has 17 heavy (non-hydrogen) atoms. The zero-order valence-corrected chi connectivity index (χ0v) is 9.94. The average Bonchev–Trinajstić information content (AvgIpc) is 2.65. The highest BCUT2D eigenvalue weighted by Gasteiger charge is 2.26. The number of carboxylic acid groups (broad SMARTS) is 1. The SMILES string of the molecule is O=C(O)Cc1nc(C2CCS(=O)(=O)CC2)co1. The van der Waals surface area contributed by atoms with Gasteiger partial charge in [0.2, 0.25) is 5.89 Å². The lowest BCUT2D eigenvalue weighted by Crippen LogP contribution is -2.22. The molecule has 0 aliphatic carbocycles. The number of aliphatic carboxylic acids is 1. The Labute approximate surface area is 98.6 Å². The molecule has 1 aromatic rings. The van der Waals surface area contributed by atoms with Crippen molar-refractivity contribution >= 4 is 15.8 Å².